The summed E-state index contributed by atoms with van der Waals surface area (Å²) in [7, 11) is 1.60. The summed E-state index contributed by atoms with van der Waals surface area (Å²) in [6, 6.07) is 11.9. The third-order valence-electron chi connectivity index (χ3n) is 5.49. The third kappa shape index (κ3) is 2.88. The van der Waals surface area contributed by atoms with Crippen LogP contribution < -0.4 is 10.1 Å². The quantitative estimate of drug-likeness (QED) is 0.920. The molecule has 1 aromatic carbocycles. The monoisotopic (exact) mass is 322 g/mol. The molecule has 1 N–H and O–H groups in total. The van der Waals surface area contributed by atoms with Crippen LogP contribution in [0.1, 0.15) is 47.5 Å². The molecule has 2 bridgehead atoms. The maximum absolute atomic E-state index is 11.5. The van der Waals surface area contributed by atoms with E-state index in [1.165, 1.54) is 37.4 Å². The van der Waals surface area contributed by atoms with Gasteiger partial charge >= 0.3 is 0 Å². The highest BCUT2D eigenvalue weighted by Gasteiger charge is 2.39. The SMILES string of the molecule is CNC(=O)c1ccc(Oc2ccc(C3CC4CCC3C4)cc2)nc1. The van der Waals surface area contributed by atoms with Gasteiger partial charge in [0.15, 0.2) is 0 Å². The van der Waals surface area contributed by atoms with Gasteiger partial charge in [0.1, 0.15) is 5.75 Å². The van der Waals surface area contributed by atoms with E-state index in [0.29, 0.717) is 11.4 Å². The second-order valence-electron chi connectivity index (χ2n) is 6.92. The molecule has 1 heterocycles. The molecule has 124 valence electrons. The van der Waals surface area contributed by atoms with Gasteiger partial charge in [-0.3, -0.25) is 4.79 Å². The van der Waals surface area contributed by atoms with Crippen LogP contribution in [0.2, 0.25) is 0 Å². The fourth-order valence-electron chi connectivity index (χ4n) is 4.28. The summed E-state index contributed by atoms with van der Waals surface area (Å²) >= 11 is 0. The molecule has 0 spiro atoms. The fourth-order valence-corrected chi connectivity index (χ4v) is 4.28. The van der Waals surface area contributed by atoms with Crippen molar-refractivity contribution in [2.24, 2.45) is 11.8 Å². The fraction of sp³-hybridized carbons (Fsp3) is 0.400. The predicted octanol–water partition coefficient (Wildman–Crippen LogP) is 4.14. The summed E-state index contributed by atoms with van der Waals surface area (Å²) in [4.78, 5) is 15.7. The maximum Gasteiger partial charge on any atom is 0.252 e. The summed E-state index contributed by atoms with van der Waals surface area (Å²) < 4.78 is 5.78. The van der Waals surface area contributed by atoms with Crippen molar-refractivity contribution in [3.8, 4) is 11.6 Å². The lowest BCUT2D eigenvalue weighted by Gasteiger charge is -2.22. The molecule has 2 aliphatic rings. The largest absolute Gasteiger partial charge is 0.439 e. The summed E-state index contributed by atoms with van der Waals surface area (Å²) in [5.41, 5.74) is 1.97. The van der Waals surface area contributed by atoms with Crippen molar-refractivity contribution < 1.29 is 9.53 Å². The van der Waals surface area contributed by atoms with Crippen molar-refractivity contribution in [2.75, 3.05) is 7.05 Å². The molecule has 3 atom stereocenters. The van der Waals surface area contributed by atoms with Crippen LogP contribution in [-0.2, 0) is 0 Å². The zero-order valence-electron chi connectivity index (χ0n) is 13.9. The van der Waals surface area contributed by atoms with Crippen molar-refractivity contribution in [3.63, 3.8) is 0 Å². The van der Waals surface area contributed by atoms with Crippen LogP contribution in [0.15, 0.2) is 42.6 Å². The number of benzene rings is 1. The first-order valence-electron chi connectivity index (χ1n) is 8.69. The molecule has 0 aliphatic heterocycles. The molecule has 4 rings (SSSR count). The van der Waals surface area contributed by atoms with Crippen LogP contribution in [0.3, 0.4) is 0 Å². The summed E-state index contributed by atoms with van der Waals surface area (Å²) in [6.45, 7) is 0. The standard InChI is InChI=1S/C20H22N2O2/c1-21-20(23)16-6-9-19(22-12-16)24-17-7-4-14(5-8-17)18-11-13-2-3-15(18)10-13/h4-9,12-13,15,18H,2-3,10-11H2,1H3,(H,21,23). The Kier molecular flexibility index (Phi) is 3.97. The maximum atomic E-state index is 11.5. The summed E-state index contributed by atoms with van der Waals surface area (Å²) in [5, 5.41) is 2.57. The Bertz CT molecular complexity index is 724. The van der Waals surface area contributed by atoms with Crippen LogP contribution in [0.25, 0.3) is 0 Å². The van der Waals surface area contributed by atoms with E-state index in [-0.39, 0.29) is 5.91 Å². The van der Waals surface area contributed by atoms with E-state index in [2.05, 4.69) is 22.4 Å². The minimum absolute atomic E-state index is 0.149. The Balaban J connectivity index is 1.43. The Morgan fingerprint density at radius 1 is 1.12 bits per heavy atom. The molecule has 0 radical (unpaired) electrons. The second kappa shape index (κ2) is 6.27. The van der Waals surface area contributed by atoms with Crippen molar-refractivity contribution in [1.29, 1.82) is 0 Å². The number of nitrogens with one attached hydrogen (secondary N) is 1. The highest BCUT2D eigenvalue weighted by Crippen LogP contribution is 2.52. The van der Waals surface area contributed by atoms with Gasteiger partial charge < -0.3 is 10.1 Å². The van der Waals surface area contributed by atoms with Gasteiger partial charge in [0.25, 0.3) is 5.91 Å². The van der Waals surface area contributed by atoms with E-state index in [1.807, 2.05) is 12.1 Å². The number of nitrogens with zero attached hydrogens (tertiary/aromatic N) is 1. The van der Waals surface area contributed by atoms with E-state index >= 15 is 0 Å². The molecular formula is C20H22N2O2. The number of carbonyl (C=O) groups is 1. The summed E-state index contributed by atoms with van der Waals surface area (Å²) in [6.07, 6.45) is 7.13. The molecule has 2 aliphatic carbocycles. The smallest absolute Gasteiger partial charge is 0.252 e. The molecule has 3 unspecified atom stereocenters. The number of carbonyl (C=O) groups excluding carboxylic acids is 1. The van der Waals surface area contributed by atoms with Crippen LogP contribution in [0.5, 0.6) is 11.6 Å². The normalized spacial score (nSPS) is 24.8. The minimum atomic E-state index is -0.149. The lowest BCUT2D eigenvalue weighted by molar-refractivity contribution is 0.0962. The first-order chi connectivity index (χ1) is 11.7. The predicted molar refractivity (Wildman–Crippen MR) is 92.3 cm³/mol. The van der Waals surface area contributed by atoms with E-state index in [0.717, 1.165) is 23.5 Å². The van der Waals surface area contributed by atoms with Crippen molar-refractivity contribution in [2.45, 2.75) is 31.6 Å². The lowest BCUT2D eigenvalue weighted by Crippen LogP contribution is -2.17. The van der Waals surface area contributed by atoms with Gasteiger partial charge in [-0.1, -0.05) is 18.6 Å². The molecule has 1 amide bonds. The molecule has 2 saturated carbocycles. The van der Waals surface area contributed by atoms with Gasteiger partial charge in [-0.25, -0.2) is 4.98 Å². The van der Waals surface area contributed by atoms with Crippen molar-refractivity contribution in [1.82, 2.24) is 10.3 Å². The van der Waals surface area contributed by atoms with Crippen molar-refractivity contribution in [3.05, 3.63) is 53.7 Å². The van der Waals surface area contributed by atoms with E-state index < -0.39 is 0 Å². The van der Waals surface area contributed by atoms with Gasteiger partial charge in [0.05, 0.1) is 5.56 Å². The van der Waals surface area contributed by atoms with Gasteiger partial charge in [-0.15, -0.1) is 0 Å². The number of ether oxygens (including phenoxy) is 1. The van der Waals surface area contributed by atoms with Gasteiger partial charge in [0.2, 0.25) is 5.88 Å². The van der Waals surface area contributed by atoms with Crippen LogP contribution >= 0.6 is 0 Å². The first kappa shape index (κ1) is 15.2. The molecule has 1 aromatic heterocycles. The number of hydrogen-bond acceptors (Lipinski definition) is 3. The van der Waals surface area contributed by atoms with Gasteiger partial charge in [-0.2, -0.15) is 0 Å². The Morgan fingerprint density at radius 3 is 2.54 bits per heavy atom. The highest BCUT2D eigenvalue weighted by atomic mass is 16.5. The van der Waals surface area contributed by atoms with Gasteiger partial charge in [-0.05, 0) is 60.8 Å². The highest BCUT2D eigenvalue weighted by molar-refractivity contribution is 5.93. The molecular weight excluding hydrogens is 300 g/mol. The molecule has 0 saturated heterocycles. The van der Waals surface area contributed by atoms with Gasteiger partial charge in [0, 0.05) is 19.3 Å². The Labute approximate surface area is 142 Å². The number of fused-ring (bicyclic) bond motifs is 2. The third-order valence-corrected chi connectivity index (χ3v) is 5.49. The topological polar surface area (TPSA) is 51.2 Å². The average molecular weight is 322 g/mol. The zero-order valence-corrected chi connectivity index (χ0v) is 13.9. The first-order valence-corrected chi connectivity index (χ1v) is 8.69. The molecule has 24 heavy (non-hydrogen) atoms. The molecule has 2 aromatic rings. The molecule has 4 heteroatoms. The Morgan fingerprint density at radius 2 is 1.96 bits per heavy atom. The van der Waals surface area contributed by atoms with Crippen molar-refractivity contribution >= 4 is 5.91 Å². The van der Waals surface area contributed by atoms with Crippen LogP contribution in [0.4, 0.5) is 0 Å². The average Bonchev–Trinajstić information content (AvgIpc) is 3.26. The number of aromatic nitrogens is 1. The second-order valence-corrected chi connectivity index (χ2v) is 6.92. The number of rotatable bonds is 4. The summed E-state index contributed by atoms with van der Waals surface area (Å²) in [5.74, 6) is 3.71. The van der Waals surface area contributed by atoms with E-state index in [1.54, 1.807) is 19.2 Å². The molecule has 2 fully saturated rings. The van der Waals surface area contributed by atoms with E-state index in [4.69, 9.17) is 4.74 Å². The van der Waals surface area contributed by atoms with Crippen LogP contribution in [-0.4, -0.2) is 17.9 Å². The zero-order chi connectivity index (χ0) is 16.5. The lowest BCUT2D eigenvalue weighted by atomic mass is 9.83. The Hall–Kier alpha value is -2.36. The minimum Gasteiger partial charge on any atom is -0.439 e. The number of pyridine rings is 1. The van der Waals surface area contributed by atoms with Crippen LogP contribution in [0, 0.1) is 11.8 Å². The molecule has 4 nitrogen and oxygen atoms in total. The number of amides is 1. The van der Waals surface area contributed by atoms with E-state index in [9.17, 15) is 4.79 Å². The number of hydrogen-bond donors (Lipinski definition) is 1.